The molecule has 0 aliphatic rings. The van der Waals surface area contributed by atoms with Gasteiger partial charge >= 0.3 is 11.9 Å². The number of methoxy groups -OCH3 is 1. The van der Waals surface area contributed by atoms with Crippen LogP contribution in [0.4, 0.5) is 0 Å². The molecule has 29 heavy (non-hydrogen) atoms. The molecule has 2 aromatic carbocycles. The molecule has 0 aliphatic heterocycles. The third-order valence-electron chi connectivity index (χ3n) is 4.11. The summed E-state index contributed by atoms with van der Waals surface area (Å²) in [5.74, 6) is -1.25. The number of aryl methyl sites for hydroxylation is 1. The standard InChI is InChI=1S/C21H20N2O5S/c1-27-21(26)15-8-6-14(7-9-15)12-22-18(24)13-28-20(25)11-10-19-23-16-4-2-3-5-17(16)29-19/h2-9H,10-13H2,1H3,(H,22,24). The van der Waals surface area contributed by atoms with Crippen molar-refractivity contribution in [2.45, 2.75) is 19.4 Å². The van der Waals surface area contributed by atoms with E-state index in [0.29, 0.717) is 12.0 Å². The van der Waals surface area contributed by atoms with Gasteiger partial charge < -0.3 is 14.8 Å². The van der Waals surface area contributed by atoms with E-state index in [-0.39, 0.29) is 19.6 Å². The molecule has 150 valence electrons. The second kappa shape index (κ2) is 9.79. The summed E-state index contributed by atoms with van der Waals surface area (Å²) in [6, 6.07) is 14.5. The molecule has 1 amide bonds. The number of carbonyl (C=O) groups excluding carboxylic acids is 3. The van der Waals surface area contributed by atoms with Crippen molar-refractivity contribution >= 4 is 39.4 Å². The fourth-order valence-corrected chi connectivity index (χ4v) is 3.55. The van der Waals surface area contributed by atoms with Gasteiger partial charge in [-0.2, -0.15) is 0 Å². The Bertz CT molecular complexity index is 980. The van der Waals surface area contributed by atoms with Gasteiger partial charge in [0.25, 0.3) is 5.91 Å². The zero-order valence-electron chi connectivity index (χ0n) is 15.8. The van der Waals surface area contributed by atoms with Crippen molar-refractivity contribution in [3.63, 3.8) is 0 Å². The molecular formula is C21H20N2O5S. The fourth-order valence-electron chi connectivity index (χ4n) is 2.58. The van der Waals surface area contributed by atoms with Crippen molar-refractivity contribution in [1.82, 2.24) is 10.3 Å². The molecule has 7 nitrogen and oxygen atoms in total. The van der Waals surface area contributed by atoms with Crippen LogP contribution in [-0.4, -0.2) is 36.5 Å². The fraction of sp³-hybridized carbons (Fsp3) is 0.238. The highest BCUT2D eigenvalue weighted by Gasteiger charge is 2.10. The molecule has 1 aromatic heterocycles. The number of thiazole rings is 1. The van der Waals surface area contributed by atoms with Gasteiger partial charge in [0.15, 0.2) is 6.61 Å². The number of amides is 1. The maximum Gasteiger partial charge on any atom is 0.337 e. The summed E-state index contributed by atoms with van der Waals surface area (Å²) in [4.78, 5) is 39.6. The van der Waals surface area contributed by atoms with Crippen molar-refractivity contribution in [3.8, 4) is 0 Å². The number of aromatic nitrogens is 1. The summed E-state index contributed by atoms with van der Waals surface area (Å²) in [5, 5.41) is 3.53. The minimum atomic E-state index is -0.443. The predicted molar refractivity (Wildman–Crippen MR) is 109 cm³/mol. The average molecular weight is 412 g/mol. The third-order valence-corrected chi connectivity index (χ3v) is 5.21. The van der Waals surface area contributed by atoms with Crippen LogP contribution in [0.1, 0.15) is 27.3 Å². The molecule has 0 aliphatic carbocycles. The summed E-state index contributed by atoms with van der Waals surface area (Å²) in [6.07, 6.45) is 0.647. The van der Waals surface area contributed by atoms with E-state index in [1.807, 2.05) is 24.3 Å². The number of hydrogen-bond donors (Lipinski definition) is 1. The van der Waals surface area contributed by atoms with Gasteiger partial charge in [-0.3, -0.25) is 9.59 Å². The number of para-hydroxylation sites is 1. The Hall–Kier alpha value is -3.26. The van der Waals surface area contributed by atoms with Crippen LogP contribution < -0.4 is 5.32 Å². The van der Waals surface area contributed by atoms with Gasteiger partial charge in [0.05, 0.1) is 34.3 Å². The number of benzene rings is 2. The molecule has 0 spiro atoms. The van der Waals surface area contributed by atoms with Crippen LogP contribution in [-0.2, 0) is 32.0 Å². The molecule has 0 atom stereocenters. The molecule has 1 heterocycles. The average Bonchev–Trinajstić information content (AvgIpc) is 3.17. The zero-order chi connectivity index (χ0) is 20.6. The minimum Gasteiger partial charge on any atom is -0.465 e. The summed E-state index contributed by atoms with van der Waals surface area (Å²) < 4.78 is 10.7. The molecule has 0 radical (unpaired) electrons. The van der Waals surface area contributed by atoms with Crippen LogP contribution in [0.25, 0.3) is 10.2 Å². The number of esters is 2. The van der Waals surface area contributed by atoms with E-state index in [4.69, 9.17) is 4.74 Å². The first-order valence-corrected chi connectivity index (χ1v) is 9.81. The number of fused-ring (bicyclic) bond motifs is 1. The Balaban J connectivity index is 1.37. The lowest BCUT2D eigenvalue weighted by Gasteiger charge is -2.07. The van der Waals surface area contributed by atoms with Gasteiger partial charge in [0.1, 0.15) is 0 Å². The topological polar surface area (TPSA) is 94.6 Å². The van der Waals surface area contributed by atoms with Crippen molar-refractivity contribution in [3.05, 3.63) is 64.7 Å². The Morgan fingerprint density at radius 2 is 1.83 bits per heavy atom. The zero-order valence-corrected chi connectivity index (χ0v) is 16.7. The van der Waals surface area contributed by atoms with Crippen molar-refractivity contribution in [1.29, 1.82) is 0 Å². The molecule has 3 rings (SSSR count). The van der Waals surface area contributed by atoms with E-state index >= 15 is 0 Å². The quantitative estimate of drug-likeness (QED) is 0.572. The molecule has 8 heteroatoms. The lowest BCUT2D eigenvalue weighted by Crippen LogP contribution is -2.28. The maximum atomic E-state index is 11.9. The lowest BCUT2D eigenvalue weighted by molar-refractivity contribution is -0.148. The summed E-state index contributed by atoms with van der Waals surface area (Å²) in [7, 11) is 1.32. The first kappa shape index (κ1) is 20.5. The van der Waals surface area contributed by atoms with Gasteiger partial charge in [-0.25, -0.2) is 9.78 Å². The number of nitrogens with zero attached hydrogens (tertiary/aromatic N) is 1. The smallest absolute Gasteiger partial charge is 0.337 e. The molecule has 0 fully saturated rings. The Kier molecular flexibility index (Phi) is 6.91. The van der Waals surface area contributed by atoms with E-state index in [1.165, 1.54) is 7.11 Å². The second-order valence-corrected chi connectivity index (χ2v) is 7.32. The van der Waals surface area contributed by atoms with Crippen LogP contribution in [0, 0.1) is 0 Å². The van der Waals surface area contributed by atoms with Gasteiger partial charge in [0, 0.05) is 13.0 Å². The Morgan fingerprint density at radius 1 is 1.07 bits per heavy atom. The number of carbonyl (C=O) groups is 3. The molecule has 3 aromatic rings. The summed E-state index contributed by atoms with van der Waals surface area (Å²) in [5.41, 5.74) is 2.16. The first-order valence-electron chi connectivity index (χ1n) is 8.99. The Morgan fingerprint density at radius 3 is 2.55 bits per heavy atom. The highest BCUT2D eigenvalue weighted by atomic mass is 32.1. The third kappa shape index (κ3) is 5.86. The summed E-state index contributed by atoms with van der Waals surface area (Å²) in [6.45, 7) is -0.0670. The van der Waals surface area contributed by atoms with Gasteiger partial charge in [-0.05, 0) is 29.8 Å². The SMILES string of the molecule is COC(=O)c1ccc(CNC(=O)COC(=O)CCc2nc3ccccc3s2)cc1. The first-order chi connectivity index (χ1) is 14.0. The van der Waals surface area contributed by atoms with Gasteiger partial charge in [-0.1, -0.05) is 24.3 Å². The molecule has 1 N–H and O–H groups in total. The maximum absolute atomic E-state index is 11.9. The van der Waals surface area contributed by atoms with Crippen LogP contribution in [0.3, 0.4) is 0 Å². The lowest BCUT2D eigenvalue weighted by atomic mass is 10.1. The van der Waals surface area contributed by atoms with Gasteiger partial charge in [0.2, 0.25) is 0 Å². The molecular weight excluding hydrogens is 392 g/mol. The van der Waals surface area contributed by atoms with Crippen LogP contribution in [0.15, 0.2) is 48.5 Å². The van der Waals surface area contributed by atoms with Gasteiger partial charge in [-0.15, -0.1) is 11.3 Å². The highest BCUT2D eigenvalue weighted by molar-refractivity contribution is 7.18. The molecule has 0 saturated carbocycles. The van der Waals surface area contributed by atoms with Crippen LogP contribution in [0.2, 0.25) is 0 Å². The van der Waals surface area contributed by atoms with Crippen molar-refractivity contribution < 1.29 is 23.9 Å². The molecule has 0 unspecified atom stereocenters. The Labute approximate surface area is 171 Å². The largest absolute Gasteiger partial charge is 0.465 e. The van der Waals surface area contributed by atoms with E-state index in [9.17, 15) is 14.4 Å². The summed E-state index contributed by atoms with van der Waals surface area (Å²) >= 11 is 1.55. The number of nitrogens with one attached hydrogen (secondary N) is 1. The highest BCUT2D eigenvalue weighted by Crippen LogP contribution is 2.22. The van der Waals surface area contributed by atoms with Crippen molar-refractivity contribution in [2.24, 2.45) is 0 Å². The van der Waals surface area contributed by atoms with E-state index in [2.05, 4.69) is 15.0 Å². The van der Waals surface area contributed by atoms with Crippen LogP contribution in [0.5, 0.6) is 0 Å². The van der Waals surface area contributed by atoms with E-state index in [1.54, 1.807) is 35.6 Å². The predicted octanol–water partition coefficient (Wildman–Crippen LogP) is 2.88. The second-order valence-electron chi connectivity index (χ2n) is 6.20. The minimum absolute atomic E-state index is 0.169. The number of rotatable bonds is 8. The number of ether oxygens (including phenoxy) is 2. The molecule has 0 bridgehead atoms. The molecule has 0 saturated heterocycles. The van der Waals surface area contributed by atoms with E-state index in [0.717, 1.165) is 20.8 Å². The monoisotopic (exact) mass is 412 g/mol. The van der Waals surface area contributed by atoms with Crippen LogP contribution >= 0.6 is 11.3 Å². The van der Waals surface area contributed by atoms with Crippen molar-refractivity contribution in [2.75, 3.05) is 13.7 Å². The normalized spacial score (nSPS) is 10.5. The van der Waals surface area contributed by atoms with E-state index < -0.39 is 17.8 Å². The number of hydrogen-bond acceptors (Lipinski definition) is 7.